The van der Waals surface area contributed by atoms with Crippen molar-refractivity contribution in [3.63, 3.8) is 0 Å². The van der Waals surface area contributed by atoms with Gasteiger partial charge in [-0.05, 0) is 41.1 Å². The standard InChI is InChI=1S/C13H14IN3O3/c14-11-7-9(1-3-12(11)17(19)20)15-5-6-16-10(8-15)2-4-13(16)18/h1,3,7,10H,2,4-6,8H2. The van der Waals surface area contributed by atoms with Gasteiger partial charge in [0, 0.05) is 43.9 Å². The second-order valence-electron chi connectivity index (χ2n) is 5.12. The van der Waals surface area contributed by atoms with Crippen LogP contribution < -0.4 is 4.90 Å². The fourth-order valence-electron chi connectivity index (χ4n) is 2.94. The minimum absolute atomic E-state index is 0.143. The zero-order chi connectivity index (χ0) is 14.3. The van der Waals surface area contributed by atoms with Crippen LogP contribution in [-0.2, 0) is 4.79 Å². The molecule has 2 saturated heterocycles. The third kappa shape index (κ3) is 2.34. The minimum Gasteiger partial charge on any atom is -0.368 e. The van der Waals surface area contributed by atoms with Crippen molar-refractivity contribution in [3.05, 3.63) is 31.9 Å². The molecule has 1 aromatic carbocycles. The van der Waals surface area contributed by atoms with E-state index in [1.165, 1.54) is 0 Å². The van der Waals surface area contributed by atoms with Crippen LogP contribution in [0.25, 0.3) is 0 Å². The number of amides is 1. The van der Waals surface area contributed by atoms with Crippen LogP contribution in [0.1, 0.15) is 12.8 Å². The average Bonchev–Trinajstić information content (AvgIpc) is 2.79. The van der Waals surface area contributed by atoms with E-state index in [1.807, 2.05) is 33.6 Å². The number of rotatable bonds is 2. The van der Waals surface area contributed by atoms with E-state index < -0.39 is 0 Å². The van der Waals surface area contributed by atoms with Gasteiger partial charge in [-0.2, -0.15) is 0 Å². The molecule has 2 aliphatic rings. The highest BCUT2D eigenvalue weighted by Crippen LogP contribution is 2.30. The molecule has 1 unspecified atom stereocenters. The summed E-state index contributed by atoms with van der Waals surface area (Å²) in [7, 11) is 0. The van der Waals surface area contributed by atoms with Gasteiger partial charge >= 0.3 is 0 Å². The number of hydrogen-bond acceptors (Lipinski definition) is 4. The summed E-state index contributed by atoms with van der Waals surface area (Å²) in [6.45, 7) is 2.35. The van der Waals surface area contributed by atoms with Crippen molar-refractivity contribution < 1.29 is 9.72 Å². The van der Waals surface area contributed by atoms with Gasteiger partial charge in [-0.15, -0.1) is 0 Å². The maximum absolute atomic E-state index is 11.7. The van der Waals surface area contributed by atoms with Gasteiger partial charge in [-0.1, -0.05) is 0 Å². The molecule has 0 saturated carbocycles. The number of anilines is 1. The number of fused-ring (bicyclic) bond motifs is 1. The number of benzene rings is 1. The Morgan fingerprint density at radius 3 is 2.85 bits per heavy atom. The van der Waals surface area contributed by atoms with Gasteiger partial charge in [0.1, 0.15) is 0 Å². The molecule has 0 aliphatic carbocycles. The van der Waals surface area contributed by atoms with Gasteiger partial charge in [-0.3, -0.25) is 14.9 Å². The molecule has 1 amide bonds. The monoisotopic (exact) mass is 387 g/mol. The Bertz CT molecular complexity index is 578. The third-order valence-corrected chi connectivity index (χ3v) is 4.85. The number of nitro groups is 1. The molecule has 1 atom stereocenters. The molecule has 2 aliphatic heterocycles. The lowest BCUT2D eigenvalue weighted by Gasteiger charge is -2.38. The largest absolute Gasteiger partial charge is 0.368 e. The number of nitro benzene ring substituents is 1. The summed E-state index contributed by atoms with van der Waals surface area (Å²) in [5.41, 5.74) is 1.14. The highest BCUT2D eigenvalue weighted by Gasteiger charge is 2.35. The Morgan fingerprint density at radius 2 is 2.15 bits per heavy atom. The van der Waals surface area contributed by atoms with Crippen molar-refractivity contribution in [2.75, 3.05) is 24.5 Å². The quantitative estimate of drug-likeness (QED) is 0.443. The maximum Gasteiger partial charge on any atom is 0.282 e. The molecule has 7 heteroatoms. The SMILES string of the molecule is O=C1CCC2CN(c3ccc([N+](=O)[O-])c(I)c3)CCN12. The zero-order valence-electron chi connectivity index (χ0n) is 10.8. The lowest BCUT2D eigenvalue weighted by molar-refractivity contribution is -0.385. The first-order chi connectivity index (χ1) is 9.56. The van der Waals surface area contributed by atoms with E-state index in [4.69, 9.17) is 0 Å². The third-order valence-electron chi connectivity index (χ3n) is 3.99. The van der Waals surface area contributed by atoms with Crippen molar-refractivity contribution in [1.29, 1.82) is 0 Å². The van der Waals surface area contributed by atoms with E-state index in [1.54, 1.807) is 12.1 Å². The fourth-order valence-corrected chi connectivity index (χ4v) is 3.64. The van der Waals surface area contributed by atoms with Crippen molar-refractivity contribution in [2.45, 2.75) is 18.9 Å². The molecular formula is C13H14IN3O3. The molecule has 106 valence electrons. The van der Waals surface area contributed by atoms with Crippen LogP contribution in [0, 0.1) is 13.7 Å². The molecule has 6 nitrogen and oxygen atoms in total. The smallest absolute Gasteiger partial charge is 0.282 e. The number of carbonyl (C=O) groups excluding carboxylic acids is 1. The number of nitrogens with zero attached hydrogens (tertiary/aromatic N) is 3. The molecule has 2 heterocycles. The van der Waals surface area contributed by atoms with Crippen LogP contribution in [0.3, 0.4) is 0 Å². The van der Waals surface area contributed by atoms with Gasteiger partial charge in [0.25, 0.3) is 5.69 Å². The summed E-state index contributed by atoms with van der Waals surface area (Å²) in [4.78, 5) is 26.3. The molecule has 20 heavy (non-hydrogen) atoms. The molecule has 0 radical (unpaired) electrons. The molecule has 1 aromatic rings. The van der Waals surface area contributed by atoms with Crippen molar-refractivity contribution in [3.8, 4) is 0 Å². The highest BCUT2D eigenvalue weighted by atomic mass is 127. The molecular weight excluding hydrogens is 373 g/mol. The normalized spacial score (nSPS) is 22.1. The van der Waals surface area contributed by atoms with Crippen molar-refractivity contribution in [2.24, 2.45) is 0 Å². The minimum atomic E-state index is -0.362. The Hall–Kier alpha value is -1.38. The topological polar surface area (TPSA) is 66.7 Å². The van der Waals surface area contributed by atoms with Gasteiger partial charge in [0.2, 0.25) is 5.91 Å². The first-order valence-electron chi connectivity index (χ1n) is 6.54. The van der Waals surface area contributed by atoms with Crippen LogP contribution in [0.2, 0.25) is 0 Å². The zero-order valence-corrected chi connectivity index (χ0v) is 12.9. The van der Waals surface area contributed by atoms with Gasteiger partial charge in [0.05, 0.1) is 8.49 Å². The van der Waals surface area contributed by atoms with E-state index in [2.05, 4.69) is 4.90 Å². The number of carbonyl (C=O) groups is 1. The summed E-state index contributed by atoms with van der Waals surface area (Å²) in [6, 6.07) is 5.50. The lowest BCUT2D eigenvalue weighted by Crippen LogP contribution is -2.51. The number of hydrogen-bond donors (Lipinski definition) is 0. The van der Waals surface area contributed by atoms with Crippen LogP contribution in [0.15, 0.2) is 18.2 Å². The molecule has 2 fully saturated rings. The molecule has 0 aromatic heterocycles. The molecule has 3 rings (SSSR count). The van der Waals surface area contributed by atoms with Gasteiger partial charge in [0.15, 0.2) is 0 Å². The second kappa shape index (κ2) is 5.19. The highest BCUT2D eigenvalue weighted by molar-refractivity contribution is 14.1. The fraction of sp³-hybridized carbons (Fsp3) is 0.462. The summed E-state index contributed by atoms with van der Waals surface area (Å²) >= 11 is 2.00. The summed E-state index contributed by atoms with van der Waals surface area (Å²) in [5, 5.41) is 10.8. The predicted octanol–water partition coefficient (Wildman–Crippen LogP) is 2.01. The van der Waals surface area contributed by atoms with E-state index >= 15 is 0 Å². The van der Waals surface area contributed by atoms with Crippen LogP contribution in [-0.4, -0.2) is 41.4 Å². The molecule has 0 spiro atoms. The van der Waals surface area contributed by atoms with Crippen molar-refractivity contribution in [1.82, 2.24) is 4.90 Å². The van der Waals surface area contributed by atoms with Gasteiger partial charge < -0.3 is 9.80 Å². The average molecular weight is 387 g/mol. The second-order valence-corrected chi connectivity index (χ2v) is 6.28. The Labute approximate surface area is 130 Å². The molecule has 0 N–H and O–H groups in total. The van der Waals surface area contributed by atoms with Crippen LogP contribution in [0.5, 0.6) is 0 Å². The van der Waals surface area contributed by atoms with Crippen molar-refractivity contribution >= 4 is 39.9 Å². The number of halogens is 1. The summed E-state index contributed by atoms with van der Waals surface area (Å²) in [5.74, 6) is 0.257. The number of piperazine rings is 1. The maximum atomic E-state index is 11.7. The van der Waals surface area contributed by atoms with Crippen LogP contribution in [0.4, 0.5) is 11.4 Å². The predicted molar refractivity (Wildman–Crippen MR) is 82.8 cm³/mol. The Kier molecular flexibility index (Phi) is 3.53. The van der Waals surface area contributed by atoms with Gasteiger partial charge in [-0.25, -0.2) is 0 Å². The van der Waals surface area contributed by atoms with E-state index in [0.29, 0.717) is 16.0 Å². The molecule has 0 bridgehead atoms. The first-order valence-corrected chi connectivity index (χ1v) is 7.62. The Balaban J connectivity index is 1.79. The van der Waals surface area contributed by atoms with Crippen LogP contribution >= 0.6 is 22.6 Å². The first kappa shape index (κ1) is 13.6. The Morgan fingerprint density at radius 1 is 1.35 bits per heavy atom. The lowest BCUT2D eigenvalue weighted by atomic mass is 10.1. The van der Waals surface area contributed by atoms with E-state index in [0.717, 1.165) is 31.7 Å². The van der Waals surface area contributed by atoms with E-state index in [9.17, 15) is 14.9 Å². The summed E-state index contributed by atoms with van der Waals surface area (Å²) < 4.78 is 0.648. The van der Waals surface area contributed by atoms with E-state index in [-0.39, 0.29) is 16.5 Å². The summed E-state index contributed by atoms with van der Waals surface area (Å²) in [6.07, 6.45) is 1.57.